The number of halogens is 1. The van der Waals surface area contributed by atoms with Crippen molar-refractivity contribution >= 4 is 29.9 Å². The van der Waals surface area contributed by atoms with Crippen molar-refractivity contribution in [2.75, 3.05) is 32.7 Å². The summed E-state index contributed by atoms with van der Waals surface area (Å²) in [6.07, 6.45) is 1.61. The molecule has 3 rings (SSSR count). The van der Waals surface area contributed by atoms with E-state index in [2.05, 4.69) is 42.3 Å². The van der Waals surface area contributed by atoms with Gasteiger partial charge in [-0.2, -0.15) is 4.98 Å². The summed E-state index contributed by atoms with van der Waals surface area (Å²) < 4.78 is 9.87. The van der Waals surface area contributed by atoms with Crippen molar-refractivity contribution in [2.24, 2.45) is 4.99 Å². The maximum atomic E-state index is 4.98. The topological polar surface area (TPSA) is 95.8 Å². The van der Waals surface area contributed by atoms with Gasteiger partial charge in [-0.15, -0.1) is 24.0 Å². The third-order valence-electron chi connectivity index (χ3n) is 3.82. The van der Waals surface area contributed by atoms with E-state index in [0.717, 1.165) is 50.9 Å². The Balaban J connectivity index is 0.00000225. The summed E-state index contributed by atoms with van der Waals surface area (Å²) in [4.78, 5) is 13.4. The summed E-state index contributed by atoms with van der Waals surface area (Å²) in [5.41, 5.74) is 0.969. The molecule has 0 unspecified atom stereocenters. The summed E-state index contributed by atoms with van der Waals surface area (Å²) in [6.45, 7) is 9.64. The fourth-order valence-corrected chi connectivity index (χ4v) is 2.64. The van der Waals surface area contributed by atoms with Gasteiger partial charge in [-0.05, 0) is 6.92 Å². The Kier molecular flexibility index (Phi) is 7.62. The van der Waals surface area contributed by atoms with E-state index in [1.165, 1.54) is 0 Å². The number of nitrogens with zero attached hydrogens (tertiary/aromatic N) is 6. The smallest absolute Gasteiger partial charge is 0.223 e. The van der Waals surface area contributed by atoms with Gasteiger partial charge in [0.25, 0.3) is 0 Å². The minimum atomic E-state index is 0. The van der Waals surface area contributed by atoms with Crippen LogP contribution in [-0.4, -0.2) is 63.8 Å². The van der Waals surface area contributed by atoms with Gasteiger partial charge in [0, 0.05) is 52.3 Å². The molecule has 0 radical (unpaired) electrons. The van der Waals surface area contributed by atoms with Crippen molar-refractivity contribution in [3.8, 4) is 0 Å². The van der Waals surface area contributed by atoms with Crippen LogP contribution < -0.4 is 5.32 Å². The van der Waals surface area contributed by atoms with Gasteiger partial charge in [0.15, 0.2) is 11.8 Å². The lowest BCUT2D eigenvalue weighted by molar-refractivity contribution is 0.169. The van der Waals surface area contributed by atoms with E-state index in [1.54, 1.807) is 13.2 Å². The highest BCUT2D eigenvalue weighted by molar-refractivity contribution is 14.0. The molecule has 1 aliphatic heterocycles. The van der Waals surface area contributed by atoms with Gasteiger partial charge < -0.3 is 19.3 Å². The van der Waals surface area contributed by atoms with Crippen LogP contribution in [0.15, 0.2) is 26.4 Å². The predicted molar refractivity (Wildman–Crippen MR) is 103 cm³/mol. The molecule has 0 bridgehead atoms. The molecule has 0 atom stereocenters. The second-order valence-corrected chi connectivity index (χ2v) is 5.65. The lowest BCUT2D eigenvalue weighted by atomic mass is 10.3. The van der Waals surface area contributed by atoms with Crippen LogP contribution in [0.5, 0.6) is 0 Å². The molecule has 2 aromatic heterocycles. The number of rotatable bonds is 5. The molecular formula is C15H24IN7O2. The average molecular weight is 461 g/mol. The van der Waals surface area contributed by atoms with Gasteiger partial charge in [-0.25, -0.2) is 4.99 Å². The monoisotopic (exact) mass is 461 g/mol. The van der Waals surface area contributed by atoms with Gasteiger partial charge in [0.05, 0.1) is 5.69 Å². The Morgan fingerprint density at radius 1 is 1.28 bits per heavy atom. The maximum absolute atomic E-state index is 4.98. The predicted octanol–water partition coefficient (Wildman–Crippen LogP) is 1.27. The van der Waals surface area contributed by atoms with Crippen molar-refractivity contribution in [3.63, 3.8) is 0 Å². The van der Waals surface area contributed by atoms with E-state index < -0.39 is 0 Å². The van der Waals surface area contributed by atoms with Crippen LogP contribution in [0.4, 0.5) is 0 Å². The second kappa shape index (κ2) is 9.70. The van der Waals surface area contributed by atoms with E-state index in [1.807, 2.05) is 6.07 Å². The lowest BCUT2D eigenvalue weighted by Crippen LogP contribution is -2.52. The molecule has 1 N–H and O–H groups in total. The molecule has 25 heavy (non-hydrogen) atoms. The molecule has 3 heterocycles. The first kappa shape index (κ1) is 19.6. The number of hydrogen-bond donors (Lipinski definition) is 1. The van der Waals surface area contributed by atoms with Gasteiger partial charge in [-0.3, -0.25) is 4.90 Å². The van der Waals surface area contributed by atoms with Crippen LogP contribution >= 0.6 is 24.0 Å². The molecule has 10 heteroatoms. The first-order valence-corrected chi connectivity index (χ1v) is 8.18. The number of guanidine groups is 1. The minimum absolute atomic E-state index is 0. The molecular weight excluding hydrogens is 437 g/mol. The number of nitrogens with one attached hydrogen (secondary N) is 1. The van der Waals surface area contributed by atoms with Crippen molar-refractivity contribution in [1.82, 2.24) is 30.4 Å². The molecule has 1 saturated heterocycles. The Morgan fingerprint density at radius 3 is 2.68 bits per heavy atom. The zero-order chi connectivity index (χ0) is 16.8. The third-order valence-corrected chi connectivity index (χ3v) is 3.82. The Bertz CT molecular complexity index is 651. The molecule has 9 nitrogen and oxygen atoms in total. The van der Waals surface area contributed by atoms with Crippen molar-refractivity contribution in [2.45, 2.75) is 26.9 Å². The largest absolute Gasteiger partial charge is 0.364 e. The van der Waals surface area contributed by atoms with Gasteiger partial charge in [0.1, 0.15) is 12.8 Å². The number of aryl methyl sites for hydroxylation is 1. The molecule has 2 aromatic rings. The molecule has 1 fully saturated rings. The van der Waals surface area contributed by atoms with Crippen LogP contribution in [0, 0.1) is 6.92 Å². The van der Waals surface area contributed by atoms with E-state index in [9.17, 15) is 0 Å². The molecule has 0 aliphatic carbocycles. The molecule has 0 amide bonds. The van der Waals surface area contributed by atoms with Gasteiger partial charge >= 0.3 is 0 Å². The first-order chi connectivity index (χ1) is 11.7. The molecule has 0 spiro atoms. The summed E-state index contributed by atoms with van der Waals surface area (Å²) in [5.74, 6) is 2.06. The highest BCUT2D eigenvalue weighted by Crippen LogP contribution is 2.08. The second-order valence-electron chi connectivity index (χ2n) is 5.65. The van der Waals surface area contributed by atoms with Crippen molar-refractivity contribution in [1.29, 1.82) is 0 Å². The fourth-order valence-electron chi connectivity index (χ4n) is 2.64. The summed E-state index contributed by atoms with van der Waals surface area (Å²) in [6, 6.07) is 1.91. The summed E-state index contributed by atoms with van der Waals surface area (Å²) in [7, 11) is 0. The number of piperazine rings is 1. The highest BCUT2D eigenvalue weighted by atomic mass is 127. The lowest BCUT2D eigenvalue weighted by Gasteiger charge is -2.36. The van der Waals surface area contributed by atoms with Crippen LogP contribution in [0.25, 0.3) is 0 Å². The van der Waals surface area contributed by atoms with Gasteiger partial charge in [0.2, 0.25) is 5.89 Å². The van der Waals surface area contributed by atoms with E-state index in [-0.39, 0.29) is 24.0 Å². The van der Waals surface area contributed by atoms with Crippen LogP contribution in [0.2, 0.25) is 0 Å². The van der Waals surface area contributed by atoms with E-state index in [0.29, 0.717) is 18.3 Å². The SMILES string of the molecule is CCNC(=NCc1noc(C)n1)N1CCN(Cc2ccon2)CC1.I. The molecule has 1 aliphatic rings. The van der Waals surface area contributed by atoms with Crippen LogP contribution in [0.3, 0.4) is 0 Å². The number of aliphatic imine (C=N–C) groups is 1. The third kappa shape index (κ3) is 5.66. The van der Waals surface area contributed by atoms with E-state index in [4.69, 9.17) is 9.05 Å². The standard InChI is InChI=1S/C15H23N7O2.HI/c1-3-16-15(17-10-14-18-12(2)24-20-14)22-7-5-21(6-8-22)11-13-4-9-23-19-13;/h4,9H,3,5-8,10-11H2,1-2H3,(H,16,17);1H. The zero-order valence-electron chi connectivity index (χ0n) is 14.5. The Hall–Kier alpha value is -1.69. The van der Waals surface area contributed by atoms with E-state index >= 15 is 0 Å². The molecule has 0 saturated carbocycles. The van der Waals surface area contributed by atoms with Crippen molar-refractivity contribution < 1.29 is 9.05 Å². The van der Waals surface area contributed by atoms with Gasteiger partial charge in [-0.1, -0.05) is 10.3 Å². The van der Waals surface area contributed by atoms with Crippen molar-refractivity contribution in [3.05, 3.63) is 29.7 Å². The maximum Gasteiger partial charge on any atom is 0.223 e. The normalized spacial score (nSPS) is 15.9. The number of hydrogen-bond acceptors (Lipinski definition) is 7. The van der Waals surface area contributed by atoms with Crippen LogP contribution in [0.1, 0.15) is 24.3 Å². The average Bonchev–Trinajstić information content (AvgIpc) is 3.24. The molecule has 138 valence electrons. The summed E-state index contributed by atoms with van der Waals surface area (Å²) in [5, 5.41) is 11.2. The number of aromatic nitrogens is 3. The molecule has 0 aromatic carbocycles. The Labute approximate surface area is 163 Å². The summed E-state index contributed by atoms with van der Waals surface area (Å²) >= 11 is 0. The quantitative estimate of drug-likeness (QED) is 0.404. The highest BCUT2D eigenvalue weighted by Gasteiger charge is 2.20. The Morgan fingerprint density at radius 2 is 2.08 bits per heavy atom. The van der Waals surface area contributed by atoms with Crippen LogP contribution in [-0.2, 0) is 13.1 Å². The first-order valence-electron chi connectivity index (χ1n) is 8.18. The minimum Gasteiger partial charge on any atom is -0.364 e. The fraction of sp³-hybridized carbons (Fsp3) is 0.600. The zero-order valence-corrected chi connectivity index (χ0v) is 16.8.